The van der Waals surface area contributed by atoms with Crippen LogP contribution in [0.4, 0.5) is 0 Å². The van der Waals surface area contributed by atoms with Gasteiger partial charge in [0.25, 0.3) is 0 Å². The molecule has 1 aliphatic carbocycles. The maximum atomic E-state index is 12.7. The van der Waals surface area contributed by atoms with E-state index in [1.165, 1.54) is 43.4 Å². The van der Waals surface area contributed by atoms with Crippen molar-refractivity contribution < 1.29 is 4.79 Å². The highest BCUT2D eigenvalue weighted by Gasteiger charge is 2.36. The van der Waals surface area contributed by atoms with E-state index in [2.05, 4.69) is 29.0 Å². The summed E-state index contributed by atoms with van der Waals surface area (Å²) >= 11 is 1.72. The highest BCUT2D eigenvalue weighted by Crippen LogP contribution is 2.42. The fraction of sp³-hybridized carbons (Fsp3) is 0.765. The van der Waals surface area contributed by atoms with Crippen molar-refractivity contribution in [3.8, 4) is 0 Å². The van der Waals surface area contributed by atoms with Crippen molar-refractivity contribution in [2.45, 2.75) is 64.5 Å². The number of rotatable bonds is 5. The minimum Gasteiger partial charge on any atom is -0.345 e. The molecule has 22 heavy (non-hydrogen) atoms. The second kappa shape index (κ2) is 7.09. The van der Waals surface area contributed by atoms with Crippen LogP contribution in [0.1, 0.15) is 61.4 Å². The lowest BCUT2D eigenvalue weighted by Gasteiger charge is -2.28. The van der Waals surface area contributed by atoms with Crippen molar-refractivity contribution in [3.05, 3.63) is 16.1 Å². The van der Waals surface area contributed by atoms with Gasteiger partial charge in [0.15, 0.2) is 0 Å². The van der Waals surface area contributed by atoms with E-state index in [9.17, 15) is 4.79 Å². The summed E-state index contributed by atoms with van der Waals surface area (Å²) in [6, 6.07) is 0.0982. The predicted molar refractivity (Wildman–Crippen MR) is 90.0 cm³/mol. The van der Waals surface area contributed by atoms with Crippen LogP contribution in [0.2, 0.25) is 0 Å². The summed E-state index contributed by atoms with van der Waals surface area (Å²) in [5.41, 5.74) is 0. The smallest absolute Gasteiger partial charge is 0.237 e. The third-order valence-electron chi connectivity index (χ3n) is 4.86. The summed E-state index contributed by atoms with van der Waals surface area (Å²) in [5, 5.41) is 4.37. The molecule has 5 heteroatoms. The third-order valence-corrected chi connectivity index (χ3v) is 5.86. The Morgan fingerprint density at radius 1 is 1.32 bits per heavy atom. The Hall–Kier alpha value is -0.940. The van der Waals surface area contributed by atoms with Gasteiger partial charge in [0.1, 0.15) is 5.01 Å². The van der Waals surface area contributed by atoms with Gasteiger partial charge in [-0.3, -0.25) is 9.69 Å². The molecule has 1 aliphatic heterocycles. The van der Waals surface area contributed by atoms with Crippen LogP contribution >= 0.6 is 11.3 Å². The van der Waals surface area contributed by atoms with Crippen LogP contribution < -0.4 is 5.32 Å². The highest BCUT2D eigenvalue weighted by molar-refractivity contribution is 7.11. The van der Waals surface area contributed by atoms with Gasteiger partial charge in [0.2, 0.25) is 5.91 Å². The van der Waals surface area contributed by atoms with Gasteiger partial charge >= 0.3 is 0 Å². The molecule has 1 saturated heterocycles. The Kier molecular flexibility index (Phi) is 5.14. The molecule has 0 radical (unpaired) electrons. The molecule has 2 aliphatic rings. The molecule has 2 unspecified atom stereocenters. The Morgan fingerprint density at radius 2 is 2.00 bits per heavy atom. The third kappa shape index (κ3) is 3.87. The van der Waals surface area contributed by atoms with Gasteiger partial charge in [-0.05, 0) is 58.5 Å². The van der Waals surface area contributed by atoms with Crippen molar-refractivity contribution in [1.82, 2.24) is 15.2 Å². The monoisotopic (exact) mass is 321 g/mol. The summed E-state index contributed by atoms with van der Waals surface area (Å²) in [4.78, 5) is 20.8. The number of likely N-dealkylation sites (tertiary alicyclic amines) is 1. The topological polar surface area (TPSA) is 45.2 Å². The van der Waals surface area contributed by atoms with Crippen LogP contribution in [0.5, 0.6) is 0 Å². The molecular formula is C17H27N3OS. The number of nitrogens with zero attached hydrogens (tertiary/aromatic N) is 2. The molecule has 2 heterocycles. The molecule has 0 spiro atoms. The van der Waals surface area contributed by atoms with Crippen LogP contribution in [-0.2, 0) is 4.79 Å². The molecular weight excluding hydrogens is 294 g/mol. The van der Waals surface area contributed by atoms with Crippen molar-refractivity contribution in [3.63, 3.8) is 0 Å². The van der Waals surface area contributed by atoms with Crippen molar-refractivity contribution in [2.24, 2.45) is 5.92 Å². The lowest BCUT2D eigenvalue weighted by molar-refractivity contribution is -0.126. The van der Waals surface area contributed by atoms with Gasteiger partial charge in [-0.25, -0.2) is 4.98 Å². The van der Waals surface area contributed by atoms with E-state index in [0.29, 0.717) is 5.92 Å². The number of amides is 1. The number of aromatic nitrogens is 1. The zero-order valence-electron chi connectivity index (χ0n) is 13.7. The van der Waals surface area contributed by atoms with Gasteiger partial charge < -0.3 is 5.32 Å². The second-order valence-electron chi connectivity index (χ2n) is 6.76. The normalized spacial score (nSPS) is 22.8. The first-order chi connectivity index (χ1) is 10.6. The number of hydrogen-bond acceptors (Lipinski definition) is 4. The van der Waals surface area contributed by atoms with E-state index < -0.39 is 0 Å². The van der Waals surface area contributed by atoms with E-state index >= 15 is 0 Å². The summed E-state index contributed by atoms with van der Waals surface area (Å²) in [6.45, 7) is 6.24. The largest absolute Gasteiger partial charge is 0.345 e. The molecule has 4 nitrogen and oxygen atoms in total. The van der Waals surface area contributed by atoms with Gasteiger partial charge in [0.05, 0.1) is 12.1 Å². The standard InChI is InChI=1S/C17H27N3OS/c1-12-11-18-17(22-12)15(14-7-8-14)19-16(21)13(2)20-9-5-3-4-6-10-20/h11,13-15H,3-10H2,1-2H3,(H,19,21). The summed E-state index contributed by atoms with van der Waals surface area (Å²) in [7, 11) is 0. The maximum Gasteiger partial charge on any atom is 0.237 e. The number of nitrogens with one attached hydrogen (secondary N) is 1. The Bertz CT molecular complexity index is 504. The molecule has 1 N–H and O–H groups in total. The van der Waals surface area contributed by atoms with Crippen LogP contribution in [0, 0.1) is 12.8 Å². The van der Waals surface area contributed by atoms with Crippen LogP contribution in [0.3, 0.4) is 0 Å². The molecule has 1 saturated carbocycles. The maximum absolute atomic E-state index is 12.7. The molecule has 0 bridgehead atoms. The lowest BCUT2D eigenvalue weighted by atomic mass is 10.1. The Balaban J connectivity index is 1.63. The number of carbonyl (C=O) groups is 1. The van der Waals surface area contributed by atoms with Crippen LogP contribution in [-0.4, -0.2) is 34.9 Å². The van der Waals surface area contributed by atoms with Crippen LogP contribution in [0.25, 0.3) is 0 Å². The average molecular weight is 321 g/mol. The van der Waals surface area contributed by atoms with Crippen molar-refractivity contribution in [1.29, 1.82) is 0 Å². The van der Waals surface area contributed by atoms with E-state index in [1.807, 2.05) is 6.20 Å². The fourth-order valence-electron chi connectivity index (χ4n) is 3.25. The van der Waals surface area contributed by atoms with Gasteiger partial charge in [-0.2, -0.15) is 0 Å². The first-order valence-electron chi connectivity index (χ1n) is 8.62. The summed E-state index contributed by atoms with van der Waals surface area (Å²) < 4.78 is 0. The van der Waals surface area contributed by atoms with E-state index in [-0.39, 0.29) is 18.0 Å². The minimum absolute atomic E-state index is 0.0274. The number of hydrogen-bond donors (Lipinski definition) is 1. The highest BCUT2D eigenvalue weighted by atomic mass is 32.1. The molecule has 122 valence electrons. The molecule has 1 aromatic heterocycles. The minimum atomic E-state index is -0.0274. The number of carbonyl (C=O) groups excluding carboxylic acids is 1. The quantitative estimate of drug-likeness (QED) is 0.905. The number of thiazole rings is 1. The molecule has 3 rings (SSSR count). The average Bonchev–Trinajstić information content (AvgIpc) is 3.30. The Labute approximate surface area is 137 Å². The van der Waals surface area contributed by atoms with Crippen molar-refractivity contribution >= 4 is 17.2 Å². The van der Waals surface area contributed by atoms with E-state index in [1.54, 1.807) is 11.3 Å². The fourth-order valence-corrected chi connectivity index (χ4v) is 4.17. The van der Waals surface area contributed by atoms with Crippen molar-refractivity contribution in [2.75, 3.05) is 13.1 Å². The lowest BCUT2D eigenvalue weighted by Crippen LogP contribution is -2.46. The second-order valence-corrected chi connectivity index (χ2v) is 8.03. The summed E-state index contributed by atoms with van der Waals surface area (Å²) in [6.07, 6.45) is 9.37. The SMILES string of the molecule is Cc1cnc(C(NC(=O)C(C)N2CCCCCC2)C2CC2)s1. The van der Waals surface area contributed by atoms with Gasteiger partial charge in [-0.1, -0.05) is 12.8 Å². The van der Waals surface area contributed by atoms with E-state index in [0.717, 1.165) is 18.1 Å². The molecule has 1 amide bonds. The van der Waals surface area contributed by atoms with E-state index in [4.69, 9.17) is 0 Å². The zero-order chi connectivity index (χ0) is 15.5. The number of aryl methyl sites for hydroxylation is 1. The molecule has 2 atom stereocenters. The van der Waals surface area contributed by atoms with Gasteiger partial charge in [-0.15, -0.1) is 11.3 Å². The van der Waals surface area contributed by atoms with Gasteiger partial charge in [0, 0.05) is 11.1 Å². The summed E-state index contributed by atoms with van der Waals surface area (Å²) in [5.74, 6) is 0.762. The molecule has 1 aromatic rings. The molecule has 2 fully saturated rings. The molecule has 0 aromatic carbocycles. The first kappa shape index (κ1) is 15.9. The first-order valence-corrected chi connectivity index (χ1v) is 9.43. The zero-order valence-corrected chi connectivity index (χ0v) is 14.5. The van der Waals surface area contributed by atoms with Crippen LogP contribution in [0.15, 0.2) is 6.20 Å². The predicted octanol–water partition coefficient (Wildman–Crippen LogP) is 3.28. The Morgan fingerprint density at radius 3 is 2.55 bits per heavy atom.